The van der Waals surface area contributed by atoms with Crippen LogP contribution in [0, 0.1) is 4.77 Å². The zero-order valence-electron chi connectivity index (χ0n) is 16.7. The van der Waals surface area contributed by atoms with Crippen LogP contribution in [0.15, 0.2) is 23.0 Å². The first-order valence-corrected chi connectivity index (χ1v) is 10.9. The van der Waals surface area contributed by atoms with Crippen molar-refractivity contribution < 1.29 is 19.0 Å². The van der Waals surface area contributed by atoms with Crippen LogP contribution in [0.1, 0.15) is 36.0 Å². The lowest BCUT2D eigenvalue weighted by molar-refractivity contribution is -0.181. The summed E-state index contributed by atoms with van der Waals surface area (Å²) in [6.45, 7) is 3.56. The van der Waals surface area contributed by atoms with Crippen LogP contribution in [0.5, 0.6) is 0 Å². The number of H-pyrrole nitrogens is 1. The Hall–Kier alpha value is -2.07. The highest BCUT2D eigenvalue weighted by Gasteiger charge is 2.40. The molecule has 1 aromatic heterocycles. The standard InChI is InChI=1S/C21H25N3O5S/c25-18(23-7-5-21(6-8-23)28-10-11-29-21)14-3-4-16-17(12-14)22-20(30)24(19(16)26)13-15-2-1-9-27-15/h3-4,12,15H,1-2,5-11,13H2,(H,22,30)/t15-/m1/s1. The number of aromatic amines is 1. The number of aromatic nitrogens is 2. The first-order valence-electron chi connectivity index (χ1n) is 10.5. The largest absolute Gasteiger partial charge is 0.376 e. The van der Waals surface area contributed by atoms with Crippen molar-refractivity contribution >= 4 is 29.0 Å². The van der Waals surface area contributed by atoms with Gasteiger partial charge in [0.25, 0.3) is 11.5 Å². The molecular formula is C21H25N3O5S. The number of carbonyl (C=O) groups excluding carboxylic acids is 1. The fraction of sp³-hybridized carbons (Fsp3) is 0.571. The number of hydrogen-bond acceptors (Lipinski definition) is 6. The normalized spacial score (nSPS) is 23.5. The summed E-state index contributed by atoms with van der Waals surface area (Å²) in [7, 11) is 0. The fourth-order valence-corrected chi connectivity index (χ4v) is 4.83. The van der Waals surface area contributed by atoms with Crippen LogP contribution in [-0.4, -0.2) is 65.2 Å². The van der Waals surface area contributed by atoms with Crippen LogP contribution in [0.25, 0.3) is 10.9 Å². The molecule has 5 rings (SSSR count). The Bertz CT molecular complexity index is 1070. The van der Waals surface area contributed by atoms with Crippen LogP contribution in [0.3, 0.4) is 0 Å². The molecule has 3 saturated heterocycles. The van der Waals surface area contributed by atoms with Crippen LogP contribution >= 0.6 is 12.2 Å². The summed E-state index contributed by atoms with van der Waals surface area (Å²) < 4.78 is 19.0. The number of ether oxygens (including phenoxy) is 3. The van der Waals surface area contributed by atoms with Crippen molar-refractivity contribution in [3.63, 3.8) is 0 Å². The molecular weight excluding hydrogens is 406 g/mol. The highest BCUT2D eigenvalue weighted by atomic mass is 32.1. The lowest BCUT2D eigenvalue weighted by atomic mass is 10.0. The minimum atomic E-state index is -0.515. The van der Waals surface area contributed by atoms with Gasteiger partial charge in [0.2, 0.25) is 0 Å². The first kappa shape index (κ1) is 19.9. The van der Waals surface area contributed by atoms with Crippen molar-refractivity contribution in [1.82, 2.24) is 14.5 Å². The molecule has 1 atom stereocenters. The molecule has 0 bridgehead atoms. The highest BCUT2D eigenvalue weighted by Crippen LogP contribution is 2.31. The number of hydrogen-bond donors (Lipinski definition) is 1. The van der Waals surface area contributed by atoms with Crippen LogP contribution in [0.4, 0.5) is 0 Å². The molecule has 1 spiro atoms. The zero-order valence-corrected chi connectivity index (χ0v) is 17.5. The number of likely N-dealkylation sites (tertiary alicyclic amines) is 1. The highest BCUT2D eigenvalue weighted by molar-refractivity contribution is 7.71. The number of rotatable bonds is 3. The van der Waals surface area contributed by atoms with E-state index in [9.17, 15) is 9.59 Å². The molecule has 3 aliphatic rings. The van der Waals surface area contributed by atoms with Crippen molar-refractivity contribution in [2.75, 3.05) is 32.9 Å². The van der Waals surface area contributed by atoms with Gasteiger partial charge in [-0.25, -0.2) is 0 Å². The SMILES string of the molecule is O=C(c1ccc2c(=O)n(C[C@H]3CCCO3)c(=S)[nH]c2c1)N1CCC2(CC1)OCCO2. The molecule has 30 heavy (non-hydrogen) atoms. The summed E-state index contributed by atoms with van der Waals surface area (Å²) in [4.78, 5) is 30.9. The van der Waals surface area contributed by atoms with E-state index in [-0.39, 0.29) is 17.6 Å². The minimum absolute atomic E-state index is 0.0197. The average Bonchev–Trinajstić information content (AvgIpc) is 3.43. The second kappa shape index (κ2) is 7.88. The van der Waals surface area contributed by atoms with E-state index in [2.05, 4.69) is 4.98 Å². The molecule has 4 heterocycles. The van der Waals surface area contributed by atoms with Gasteiger partial charge < -0.3 is 24.1 Å². The van der Waals surface area contributed by atoms with Crippen LogP contribution in [0.2, 0.25) is 0 Å². The van der Waals surface area contributed by atoms with Crippen molar-refractivity contribution in [2.45, 2.75) is 44.1 Å². The molecule has 1 amide bonds. The quantitative estimate of drug-likeness (QED) is 0.750. The number of amides is 1. The Morgan fingerprint density at radius 1 is 1.20 bits per heavy atom. The lowest BCUT2D eigenvalue weighted by Crippen LogP contribution is -2.47. The predicted octanol–water partition coefficient (Wildman–Crippen LogP) is 2.22. The topological polar surface area (TPSA) is 85.8 Å². The Kier molecular flexibility index (Phi) is 5.22. The minimum Gasteiger partial charge on any atom is -0.376 e. The third kappa shape index (κ3) is 3.60. The Balaban J connectivity index is 1.37. The van der Waals surface area contributed by atoms with Gasteiger partial charge in [0, 0.05) is 38.1 Å². The maximum Gasteiger partial charge on any atom is 0.262 e. The summed E-state index contributed by atoms with van der Waals surface area (Å²) in [5.41, 5.74) is 0.961. The molecule has 9 heteroatoms. The molecule has 0 unspecified atom stereocenters. The molecule has 8 nitrogen and oxygen atoms in total. The summed E-state index contributed by atoms with van der Waals surface area (Å²) in [5, 5.41) is 0.517. The molecule has 2 aromatic rings. The van der Waals surface area contributed by atoms with Crippen molar-refractivity contribution in [2.24, 2.45) is 0 Å². The second-order valence-electron chi connectivity index (χ2n) is 8.14. The number of nitrogens with one attached hydrogen (secondary N) is 1. The Labute approximate surface area is 178 Å². The first-order chi connectivity index (χ1) is 14.5. The number of piperidine rings is 1. The van der Waals surface area contributed by atoms with E-state index in [4.69, 9.17) is 26.4 Å². The van der Waals surface area contributed by atoms with Gasteiger partial charge in [-0.3, -0.25) is 14.2 Å². The van der Waals surface area contributed by atoms with Crippen molar-refractivity contribution in [3.8, 4) is 0 Å². The van der Waals surface area contributed by atoms with Gasteiger partial charge in [-0.1, -0.05) is 0 Å². The van der Waals surface area contributed by atoms with Crippen molar-refractivity contribution in [3.05, 3.63) is 38.9 Å². The summed E-state index contributed by atoms with van der Waals surface area (Å²) in [6, 6.07) is 5.14. The van der Waals surface area contributed by atoms with E-state index >= 15 is 0 Å². The van der Waals surface area contributed by atoms with E-state index < -0.39 is 5.79 Å². The van der Waals surface area contributed by atoms with Gasteiger partial charge >= 0.3 is 0 Å². The van der Waals surface area contributed by atoms with E-state index in [0.717, 1.165) is 19.4 Å². The van der Waals surface area contributed by atoms with E-state index in [0.29, 0.717) is 66.9 Å². The van der Waals surface area contributed by atoms with Gasteiger partial charge in [-0.15, -0.1) is 0 Å². The summed E-state index contributed by atoms with van der Waals surface area (Å²) in [6.07, 6.45) is 3.29. The van der Waals surface area contributed by atoms with Gasteiger partial charge in [0.15, 0.2) is 10.6 Å². The maximum atomic E-state index is 13.0. The maximum absolute atomic E-state index is 13.0. The fourth-order valence-electron chi connectivity index (χ4n) is 4.56. The van der Waals surface area contributed by atoms with Gasteiger partial charge in [-0.2, -0.15) is 0 Å². The lowest BCUT2D eigenvalue weighted by Gasteiger charge is -2.37. The third-order valence-electron chi connectivity index (χ3n) is 6.27. The molecule has 0 saturated carbocycles. The molecule has 160 valence electrons. The molecule has 3 aliphatic heterocycles. The smallest absolute Gasteiger partial charge is 0.262 e. The molecule has 1 N–H and O–H groups in total. The number of benzene rings is 1. The molecule has 1 aromatic carbocycles. The predicted molar refractivity (Wildman–Crippen MR) is 112 cm³/mol. The van der Waals surface area contributed by atoms with Crippen LogP contribution in [-0.2, 0) is 20.8 Å². The monoisotopic (exact) mass is 431 g/mol. The summed E-state index contributed by atoms with van der Waals surface area (Å²) in [5.74, 6) is -0.577. The van der Waals surface area contributed by atoms with E-state index in [1.54, 1.807) is 22.8 Å². The van der Waals surface area contributed by atoms with Crippen molar-refractivity contribution in [1.29, 1.82) is 0 Å². The molecule has 0 aliphatic carbocycles. The summed E-state index contributed by atoms with van der Waals surface area (Å²) >= 11 is 5.42. The number of carbonyl (C=O) groups is 1. The zero-order chi connectivity index (χ0) is 20.7. The molecule has 3 fully saturated rings. The van der Waals surface area contributed by atoms with E-state index in [1.165, 1.54) is 0 Å². The average molecular weight is 432 g/mol. The van der Waals surface area contributed by atoms with Gasteiger partial charge in [0.1, 0.15) is 0 Å². The third-order valence-corrected chi connectivity index (χ3v) is 6.59. The Morgan fingerprint density at radius 3 is 2.67 bits per heavy atom. The number of fused-ring (bicyclic) bond motifs is 1. The molecule has 0 radical (unpaired) electrons. The van der Waals surface area contributed by atoms with Crippen LogP contribution < -0.4 is 5.56 Å². The second-order valence-corrected chi connectivity index (χ2v) is 8.53. The van der Waals surface area contributed by atoms with Gasteiger partial charge in [0.05, 0.1) is 36.8 Å². The Morgan fingerprint density at radius 2 is 1.97 bits per heavy atom. The number of nitrogens with zero attached hydrogens (tertiary/aromatic N) is 2. The van der Waals surface area contributed by atoms with Gasteiger partial charge in [-0.05, 0) is 43.3 Å². The van der Waals surface area contributed by atoms with E-state index in [1.807, 2.05) is 4.90 Å².